The lowest BCUT2D eigenvalue weighted by molar-refractivity contribution is -0.123. The molecule has 0 saturated heterocycles. The average Bonchev–Trinajstić information content (AvgIpc) is 3.11. The van der Waals surface area contributed by atoms with E-state index in [4.69, 9.17) is 10.5 Å². The Morgan fingerprint density at radius 1 is 1.58 bits per heavy atom. The first-order valence-electron chi connectivity index (χ1n) is 6.51. The number of halogens is 1. The van der Waals surface area contributed by atoms with Gasteiger partial charge in [0.25, 0.3) is 5.91 Å². The van der Waals surface area contributed by atoms with Crippen molar-refractivity contribution in [3.05, 3.63) is 28.2 Å². The van der Waals surface area contributed by atoms with Crippen LogP contribution in [0.3, 0.4) is 0 Å². The van der Waals surface area contributed by atoms with Gasteiger partial charge in [0.1, 0.15) is 5.75 Å². The molecule has 1 unspecified atom stereocenters. The summed E-state index contributed by atoms with van der Waals surface area (Å²) in [4.78, 5) is 11.5. The van der Waals surface area contributed by atoms with Crippen LogP contribution in [0.15, 0.2) is 22.7 Å². The van der Waals surface area contributed by atoms with E-state index in [1.54, 1.807) is 0 Å². The van der Waals surface area contributed by atoms with Crippen molar-refractivity contribution in [3.8, 4) is 5.75 Å². The maximum atomic E-state index is 11.5. The van der Waals surface area contributed by atoms with Crippen LogP contribution in [-0.2, 0) is 11.2 Å². The Morgan fingerprint density at radius 2 is 2.32 bits per heavy atom. The van der Waals surface area contributed by atoms with E-state index in [0.717, 1.165) is 29.3 Å². The third-order valence-corrected chi connectivity index (χ3v) is 3.47. The molecule has 0 radical (unpaired) electrons. The zero-order valence-electron chi connectivity index (χ0n) is 11.0. The van der Waals surface area contributed by atoms with E-state index >= 15 is 0 Å². The van der Waals surface area contributed by atoms with Crippen molar-refractivity contribution in [2.24, 2.45) is 5.73 Å². The predicted molar refractivity (Wildman–Crippen MR) is 78.2 cm³/mol. The third-order valence-electron chi connectivity index (χ3n) is 2.86. The Balaban J connectivity index is 1.87. The summed E-state index contributed by atoms with van der Waals surface area (Å²) in [7, 11) is 0. The highest BCUT2D eigenvalue weighted by molar-refractivity contribution is 9.10. The molecule has 1 amide bonds. The molecule has 1 atom stereocenters. The molecule has 0 aliphatic heterocycles. The highest BCUT2D eigenvalue weighted by Gasteiger charge is 2.23. The lowest BCUT2D eigenvalue weighted by atomic mass is 10.1. The monoisotopic (exact) mass is 326 g/mol. The zero-order valence-corrected chi connectivity index (χ0v) is 12.6. The number of carbonyl (C=O) groups is 1. The van der Waals surface area contributed by atoms with Crippen LogP contribution in [0.5, 0.6) is 5.75 Å². The maximum absolute atomic E-state index is 11.5. The zero-order chi connectivity index (χ0) is 13.8. The van der Waals surface area contributed by atoms with Gasteiger partial charge >= 0.3 is 0 Å². The minimum atomic E-state index is -0.0611. The van der Waals surface area contributed by atoms with Gasteiger partial charge in [0, 0.05) is 12.1 Å². The highest BCUT2D eigenvalue weighted by atomic mass is 79.9. The van der Waals surface area contributed by atoms with Gasteiger partial charge in [0.05, 0.1) is 4.47 Å². The van der Waals surface area contributed by atoms with Gasteiger partial charge in [-0.05, 0) is 59.8 Å². The molecule has 1 fully saturated rings. The van der Waals surface area contributed by atoms with E-state index in [0.29, 0.717) is 11.8 Å². The molecule has 1 saturated carbocycles. The molecule has 0 spiro atoms. The number of amides is 1. The lowest BCUT2D eigenvalue weighted by Crippen LogP contribution is -2.30. The van der Waals surface area contributed by atoms with Crippen LogP contribution in [0.25, 0.3) is 0 Å². The van der Waals surface area contributed by atoms with Crippen molar-refractivity contribution in [3.63, 3.8) is 0 Å². The summed E-state index contributed by atoms with van der Waals surface area (Å²) in [6, 6.07) is 6.32. The Bertz CT molecular complexity index is 459. The van der Waals surface area contributed by atoms with Crippen molar-refractivity contribution in [1.29, 1.82) is 0 Å². The first kappa shape index (κ1) is 14.3. The second kappa shape index (κ2) is 6.39. The van der Waals surface area contributed by atoms with Crippen molar-refractivity contribution >= 4 is 21.8 Å². The minimum Gasteiger partial charge on any atom is -0.483 e. The van der Waals surface area contributed by atoms with E-state index in [1.807, 2.05) is 25.1 Å². The third kappa shape index (κ3) is 4.84. The molecule has 1 aliphatic carbocycles. The van der Waals surface area contributed by atoms with E-state index in [2.05, 4.69) is 21.2 Å². The SMILES string of the molecule is CC(N)Cc1ccc(OCC(=O)NC2CC2)c(Br)c1. The lowest BCUT2D eigenvalue weighted by Gasteiger charge is -2.11. The largest absolute Gasteiger partial charge is 0.483 e. The predicted octanol–water partition coefficient (Wildman–Crippen LogP) is 2.00. The van der Waals surface area contributed by atoms with Crippen molar-refractivity contribution in [1.82, 2.24) is 5.32 Å². The summed E-state index contributed by atoms with van der Waals surface area (Å²) >= 11 is 3.45. The Labute approximate surface area is 121 Å². The van der Waals surface area contributed by atoms with Crippen molar-refractivity contribution in [2.45, 2.75) is 38.3 Å². The molecule has 5 heteroatoms. The Morgan fingerprint density at radius 3 is 2.89 bits per heavy atom. The van der Waals surface area contributed by atoms with E-state index in [1.165, 1.54) is 0 Å². The van der Waals surface area contributed by atoms with Crippen LogP contribution in [0, 0.1) is 0 Å². The number of benzene rings is 1. The van der Waals surface area contributed by atoms with Gasteiger partial charge in [0.2, 0.25) is 0 Å². The molecule has 0 aromatic heterocycles. The number of rotatable bonds is 6. The normalized spacial score (nSPS) is 15.9. The summed E-state index contributed by atoms with van der Waals surface area (Å²) in [5.74, 6) is 0.619. The van der Waals surface area contributed by atoms with Gasteiger partial charge in [-0.2, -0.15) is 0 Å². The molecule has 3 N–H and O–H groups in total. The number of nitrogens with one attached hydrogen (secondary N) is 1. The molecule has 19 heavy (non-hydrogen) atoms. The molecular weight excluding hydrogens is 308 g/mol. The Kier molecular flexibility index (Phi) is 4.82. The topological polar surface area (TPSA) is 64.3 Å². The molecule has 4 nitrogen and oxygen atoms in total. The average molecular weight is 327 g/mol. The number of ether oxygens (including phenoxy) is 1. The van der Waals surface area contributed by atoms with E-state index in [9.17, 15) is 4.79 Å². The second-order valence-electron chi connectivity index (χ2n) is 5.08. The van der Waals surface area contributed by atoms with Crippen LogP contribution in [0.1, 0.15) is 25.3 Å². The summed E-state index contributed by atoms with van der Waals surface area (Å²) in [5, 5.41) is 2.89. The first-order chi connectivity index (χ1) is 9.04. The van der Waals surface area contributed by atoms with Gasteiger partial charge in [-0.15, -0.1) is 0 Å². The molecule has 1 aliphatic rings. The quantitative estimate of drug-likeness (QED) is 0.840. The van der Waals surface area contributed by atoms with Crippen LogP contribution in [0.4, 0.5) is 0 Å². The fraction of sp³-hybridized carbons (Fsp3) is 0.500. The highest BCUT2D eigenvalue weighted by Crippen LogP contribution is 2.26. The standard InChI is InChI=1S/C14H19BrN2O2/c1-9(16)6-10-2-5-13(12(15)7-10)19-8-14(18)17-11-3-4-11/h2,5,7,9,11H,3-4,6,8,16H2,1H3,(H,17,18). The molecule has 0 heterocycles. The summed E-state index contributed by atoms with van der Waals surface area (Å²) in [5.41, 5.74) is 6.91. The van der Waals surface area contributed by atoms with Crippen LogP contribution in [-0.4, -0.2) is 24.6 Å². The smallest absolute Gasteiger partial charge is 0.258 e. The van der Waals surface area contributed by atoms with Crippen LogP contribution in [0.2, 0.25) is 0 Å². The molecule has 1 aromatic rings. The fourth-order valence-electron chi connectivity index (χ4n) is 1.80. The van der Waals surface area contributed by atoms with Crippen molar-refractivity contribution in [2.75, 3.05) is 6.61 Å². The number of hydrogen-bond donors (Lipinski definition) is 2. The number of nitrogens with two attached hydrogens (primary N) is 1. The summed E-state index contributed by atoms with van der Waals surface area (Å²) in [6.45, 7) is 2.03. The van der Waals surface area contributed by atoms with Crippen LogP contribution < -0.4 is 15.8 Å². The fourth-order valence-corrected chi connectivity index (χ4v) is 2.34. The Hall–Kier alpha value is -1.07. The minimum absolute atomic E-state index is 0.0573. The van der Waals surface area contributed by atoms with Crippen molar-refractivity contribution < 1.29 is 9.53 Å². The van der Waals surface area contributed by atoms with Gasteiger partial charge in [0.15, 0.2) is 6.61 Å². The van der Waals surface area contributed by atoms with Gasteiger partial charge in [-0.25, -0.2) is 0 Å². The molecular formula is C14H19BrN2O2. The number of hydrogen-bond acceptors (Lipinski definition) is 3. The summed E-state index contributed by atoms with van der Waals surface area (Å²) < 4.78 is 6.35. The van der Waals surface area contributed by atoms with E-state index in [-0.39, 0.29) is 18.6 Å². The van der Waals surface area contributed by atoms with E-state index < -0.39 is 0 Å². The first-order valence-corrected chi connectivity index (χ1v) is 7.30. The number of carbonyl (C=O) groups excluding carboxylic acids is 1. The van der Waals surface area contributed by atoms with Gasteiger partial charge in [-0.3, -0.25) is 4.79 Å². The summed E-state index contributed by atoms with van der Waals surface area (Å²) in [6.07, 6.45) is 2.99. The molecule has 2 rings (SSSR count). The van der Waals surface area contributed by atoms with Gasteiger partial charge in [-0.1, -0.05) is 6.07 Å². The second-order valence-corrected chi connectivity index (χ2v) is 5.93. The van der Waals surface area contributed by atoms with Crippen LogP contribution >= 0.6 is 15.9 Å². The van der Waals surface area contributed by atoms with Gasteiger partial charge < -0.3 is 15.8 Å². The molecule has 1 aromatic carbocycles. The molecule has 104 valence electrons. The maximum Gasteiger partial charge on any atom is 0.258 e. The molecule has 0 bridgehead atoms.